The van der Waals surface area contributed by atoms with Crippen molar-refractivity contribution in [2.24, 2.45) is 5.41 Å². The van der Waals surface area contributed by atoms with Gasteiger partial charge in [-0.05, 0) is 50.0 Å². The van der Waals surface area contributed by atoms with Crippen molar-refractivity contribution < 1.29 is 4.79 Å². The smallest absolute Gasteiger partial charge is 0.143 e. The first-order valence-corrected chi connectivity index (χ1v) is 8.01. The van der Waals surface area contributed by atoms with Crippen LogP contribution in [0.2, 0.25) is 0 Å². The minimum atomic E-state index is -0.343. The van der Waals surface area contributed by atoms with E-state index in [1.165, 1.54) is 5.57 Å². The highest BCUT2D eigenvalue weighted by Crippen LogP contribution is 2.45. The maximum absolute atomic E-state index is 12.4. The lowest BCUT2D eigenvalue weighted by Crippen LogP contribution is -2.37. The molecule has 1 aromatic carbocycles. The molecule has 3 heteroatoms. The van der Waals surface area contributed by atoms with Crippen molar-refractivity contribution in [1.29, 1.82) is 0 Å². The Morgan fingerprint density at radius 3 is 2.96 bits per heavy atom. The molecule has 2 aliphatic rings. The molecule has 114 valence electrons. The summed E-state index contributed by atoms with van der Waals surface area (Å²) in [4.78, 5) is 12.4. The number of hydrogen-bond acceptors (Lipinski definition) is 2. The summed E-state index contributed by atoms with van der Waals surface area (Å²) in [6.45, 7) is 2.08. The molecule has 0 spiro atoms. The summed E-state index contributed by atoms with van der Waals surface area (Å²) < 4.78 is 1.91. The van der Waals surface area contributed by atoms with Crippen LogP contribution in [0.4, 0.5) is 0 Å². The molecule has 0 radical (unpaired) electrons. The molecule has 1 atom stereocenters. The molecule has 1 heterocycles. The highest BCUT2D eigenvalue weighted by atomic mass is 16.1. The zero-order chi connectivity index (χ0) is 16.0. The molecule has 2 aliphatic carbocycles. The Kier molecular flexibility index (Phi) is 3.02. The Morgan fingerprint density at radius 2 is 2.13 bits per heavy atom. The molecular formula is C20H18N2O. The lowest BCUT2D eigenvalue weighted by molar-refractivity contribution is -0.127. The molecule has 1 unspecified atom stereocenters. The van der Waals surface area contributed by atoms with E-state index in [2.05, 4.69) is 24.0 Å². The monoisotopic (exact) mass is 302 g/mol. The largest absolute Gasteiger partial charge is 0.299 e. The van der Waals surface area contributed by atoms with E-state index in [-0.39, 0.29) is 5.41 Å². The highest BCUT2D eigenvalue weighted by molar-refractivity contribution is 5.91. The Bertz CT molecular complexity index is 881. The number of rotatable bonds is 1. The van der Waals surface area contributed by atoms with Crippen LogP contribution < -0.4 is 0 Å². The second-order valence-corrected chi connectivity index (χ2v) is 6.58. The number of terminal acetylenes is 1. The first kappa shape index (κ1) is 14.0. The van der Waals surface area contributed by atoms with Crippen LogP contribution >= 0.6 is 0 Å². The van der Waals surface area contributed by atoms with Gasteiger partial charge in [-0.2, -0.15) is 5.10 Å². The van der Waals surface area contributed by atoms with Crippen LogP contribution in [-0.4, -0.2) is 15.6 Å². The molecule has 0 aliphatic heterocycles. The van der Waals surface area contributed by atoms with Gasteiger partial charge in [0.1, 0.15) is 5.78 Å². The summed E-state index contributed by atoms with van der Waals surface area (Å²) >= 11 is 0. The molecule has 1 saturated carbocycles. The van der Waals surface area contributed by atoms with E-state index in [0.717, 1.165) is 41.8 Å². The number of ketones is 1. The Labute approximate surface area is 136 Å². The first-order valence-electron chi connectivity index (χ1n) is 8.01. The minimum absolute atomic E-state index is 0.343. The van der Waals surface area contributed by atoms with E-state index in [1.54, 1.807) is 0 Å². The van der Waals surface area contributed by atoms with Crippen LogP contribution in [0.5, 0.6) is 0 Å². The van der Waals surface area contributed by atoms with Crippen LogP contribution in [0.25, 0.3) is 11.8 Å². The van der Waals surface area contributed by atoms with Crippen molar-refractivity contribution in [2.45, 2.75) is 32.6 Å². The van der Waals surface area contributed by atoms with Gasteiger partial charge >= 0.3 is 0 Å². The summed E-state index contributed by atoms with van der Waals surface area (Å²) in [6.07, 6.45) is 13.0. The van der Waals surface area contributed by atoms with Crippen molar-refractivity contribution in [3.05, 3.63) is 52.9 Å². The van der Waals surface area contributed by atoms with E-state index < -0.39 is 0 Å². The highest BCUT2D eigenvalue weighted by Gasteiger charge is 2.42. The number of nitrogens with zero attached hydrogens (tertiary/aromatic N) is 2. The number of allylic oxidation sites excluding steroid dienone is 1. The second kappa shape index (κ2) is 4.96. The van der Waals surface area contributed by atoms with Crippen LogP contribution in [0.1, 0.15) is 43.0 Å². The fourth-order valence-electron chi connectivity index (χ4n) is 3.81. The van der Waals surface area contributed by atoms with E-state index >= 15 is 0 Å². The van der Waals surface area contributed by atoms with E-state index in [0.29, 0.717) is 12.2 Å². The Hall–Kier alpha value is -2.60. The van der Waals surface area contributed by atoms with Crippen molar-refractivity contribution in [3.63, 3.8) is 0 Å². The fourth-order valence-corrected chi connectivity index (χ4v) is 3.81. The van der Waals surface area contributed by atoms with Crippen LogP contribution in [0.15, 0.2) is 36.0 Å². The fraction of sp³-hybridized carbons (Fsp3) is 0.300. The summed E-state index contributed by atoms with van der Waals surface area (Å²) in [5, 5.41) is 4.56. The number of benzene rings is 1. The Morgan fingerprint density at radius 1 is 1.30 bits per heavy atom. The van der Waals surface area contributed by atoms with Crippen LogP contribution in [0, 0.1) is 17.8 Å². The number of carbonyl (C=O) groups excluding carboxylic acids is 1. The summed E-state index contributed by atoms with van der Waals surface area (Å²) in [5.74, 6) is 3.08. The van der Waals surface area contributed by atoms with E-state index in [9.17, 15) is 4.79 Å². The predicted octanol–water partition coefficient (Wildman–Crippen LogP) is 3.55. The molecule has 0 saturated heterocycles. The molecule has 0 amide bonds. The lowest BCUT2D eigenvalue weighted by Gasteiger charge is -2.37. The van der Waals surface area contributed by atoms with Gasteiger partial charge in [0.2, 0.25) is 0 Å². The average molecular weight is 302 g/mol. The lowest BCUT2D eigenvalue weighted by atomic mass is 9.65. The molecule has 0 bridgehead atoms. The maximum atomic E-state index is 12.4. The van der Waals surface area contributed by atoms with Crippen molar-refractivity contribution >= 4 is 11.9 Å². The van der Waals surface area contributed by atoms with Crippen molar-refractivity contribution in [2.75, 3.05) is 0 Å². The molecule has 1 aromatic heterocycles. The summed E-state index contributed by atoms with van der Waals surface area (Å²) in [6, 6.07) is 7.81. The van der Waals surface area contributed by atoms with E-state index in [1.807, 2.05) is 35.1 Å². The van der Waals surface area contributed by atoms with Gasteiger partial charge in [0.15, 0.2) is 0 Å². The zero-order valence-electron chi connectivity index (χ0n) is 13.2. The maximum Gasteiger partial charge on any atom is 0.143 e. The molecule has 4 rings (SSSR count). The molecule has 0 N–H and O–H groups in total. The second-order valence-electron chi connectivity index (χ2n) is 6.58. The molecule has 3 nitrogen and oxygen atoms in total. The molecule has 2 aromatic rings. The Balaban J connectivity index is 1.88. The summed E-state index contributed by atoms with van der Waals surface area (Å²) in [5.41, 5.74) is 4.82. The standard InChI is InChI=1S/C20H18N2O/c1-3-14-7-4-5-9-17(14)22-18-11-16-8-6-10-19(23)20(16,2)12-15(18)13-21-22/h1,4-5,7,9,11,13H,6,8,10,12H2,2H3. The quantitative estimate of drug-likeness (QED) is 0.755. The van der Waals surface area contributed by atoms with Gasteiger partial charge < -0.3 is 0 Å². The van der Waals surface area contributed by atoms with Gasteiger partial charge in [-0.3, -0.25) is 4.79 Å². The van der Waals surface area contributed by atoms with Gasteiger partial charge in [-0.25, -0.2) is 4.68 Å². The number of hydrogen-bond donors (Lipinski definition) is 0. The zero-order valence-corrected chi connectivity index (χ0v) is 13.2. The van der Waals surface area contributed by atoms with Crippen molar-refractivity contribution in [3.8, 4) is 18.0 Å². The third kappa shape index (κ3) is 1.98. The number of carbonyl (C=O) groups is 1. The average Bonchev–Trinajstić information content (AvgIpc) is 2.96. The molecular weight excluding hydrogens is 284 g/mol. The SMILES string of the molecule is C#Cc1ccccc1-n1ncc2c1C=C1CCCC(=O)C1(C)C2. The molecule has 1 fully saturated rings. The normalized spacial score (nSPS) is 22.8. The van der Waals surface area contributed by atoms with Crippen LogP contribution in [0.3, 0.4) is 0 Å². The van der Waals surface area contributed by atoms with Crippen LogP contribution in [-0.2, 0) is 11.2 Å². The first-order chi connectivity index (χ1) is 11.1. The third-order valence-corrected chi connectivity index (χ3v) is 5.20. The predicted molar refractivity (Wildman–Crippen MR) is 90.1 cm³/mol. The van der Waals surface area contributed by atoms with Gasteiger partial charge in [0.25, 0.3) is 0 Å². The number of Topliss-reactive ketones (excluding diaryl/α,β-unsaturated/α-hetero) is 1. The van der Waals surface area contributed by atoms with Gasteiger partial charge in [0.05, 0.1) is 23.0 Å². The number of fused-ring (bicyclic) bond motifs is 2. The third-order valence-electron chi connectivity index (χ3n) is 5.20. The molecule has 23 heavy (non-hydrogen) atoms. The van der Waals surface area contributed by atoms with Gasteiger partial charge in [0, 0.05) is 12.0 Å². The minimum Gasteiger partial charge on any atom is -0.299 e. The topological polar surface area (TPSA) is 34.9 Å². The van der Waals surface area contributed by atoms with Crippen molar-refractivity contribution in [1.82, 2.24) is 9.78 Å². The van der Waals surface area contributed by atoms with Gasteiger partial charge in [-0.1, -0.05) is 23.6 Å². The summed E-state index contributed by atoms with van der Waals surface area (Å²) in [7, 11) is 0. The van der Waals surface area contributed by atoms with E-state index in [4.69, 9.17) is 6.42 Å². The number of aromatic nitrogens is 2. The number of para-hydroxylation sites is 1. The van der Waals surface area contributed by atoms with Gasteiger partial charge in [-0.15, -0.1) is 6.42 Å².